The summed E-state index contributed by atoms with van der Waals surface area (Å²) in [5.74, 6) is -0.241. The molecule has 12 heteroatoms. The van der Waals surface area contributed by atoms with Gasteiger partial charge in [0.25, 0.3) is 11.1 Å². The minimum absolute atomic E-state index is 0.00147. The van der Waals surface area contributed by atoms with Gasteiger partial charge in [0.1, 0.15) is 6.07 Å². The van der Waals surface area contributed by atoms with Gasteiger partial charge in [-0.25, -0.2) is 9.89 Å². The molecule has 1 aliphatic carbocycles. The van der Waals surface area contributed by atoms with E-state index in [4.69, 9.17) is 35.9 Å². The first-order valence-electron chi connectivity index (χ1n) is 9.57. The van der Waals surface area contributed by atoms with E-state index in [1.807, 2.05) is 11.9 Å². The molecular weight excluding hydrogens is 435 g/mol. The molecule has 152 valence electrons. The first kappa shape index (κ1) is 17.4. The Morgan fingerprint density at radius 2 is 2.00 bits per heavy atom. The normalized spacial score (nSPS) is 15.9. The number of halogens is 2. The molecule has 1 aromatic carbocycles. The van der Waals surface area contributed by atoms with Gasteiger partial charge in [0.2, 0.25) is 11.6 Å². The van der Waals surface area contributed by atoms with Crippen LogP contribution in [-0.4, -0.2) is 25.0 Å². The third kappa shape index (κ3) is 3.28. The molecule has 0 spiro atoms. The van der Waals surface area contributed by atoms with Crippen molar-refractivity contribution in [2.24, 2.45) is 0 Å². The molecule has 0 fully saturated rings. The molecule has 0 saturated carbocycles. The van der Waals surface area contributed by atoms with Crippen LogP contribution in [0.25, 0.3) is 5.69 Å². The summed E-state index contributed by atoms with van der Waals surface area (Å²) in [6, 6.07) is 0.393. The molecule has 0 saturated heterocycles. The largest absolute Gasteiger partial charge is 0.434 e. The highest BCUT2D eigenvalue weighted by Crippen LogP contribution is 2.41. The lowest BCUT2D eigenvalue weighted by Crippen LogP contribution is -2.33. The Morgan fingerprint density at radius 3 is 2.67 bits per heavy atom. The fraction of sp³-hybridized carbons (Fsp3) is 0.222. The van der Waals surface area contributed by atoms with Crippen LogP contribution >= 0.6 is 23.2 Å². The number of rotatable bonds is 3. The number of hydrogen-bond donors (Lipinski definition) is 2. The van der Waals surface area contributed by atoms with Crippen molar-refractivity contribution in [2.75, 3.05) is 0 Å². The van der Waals surface area contributed by atoms with Gasteiger partial charge >= 0.3 is 5.69 Å². The summed E-state index contributed by atoms with van der Waals surface area (Å²) in [5.41, 5.74) is -2.44. The third-order valence-corrected chi connectivity index (χ3v) is 5.14. The minimum Gasteiger partial charge on any atom is -0.434 e. The van der Waals surface area contributed by atoms with E-state index in [-0.39, 0.29) is 33.2 Å². The zero-order chi connectivity index (χ0) is 23.3. The van der Waals surface area contributed by atoms with Crippen LogP contribution in [0.5, 0.6) is 11.6 Å². The summed E-state index contributed by atoms with van der Waals surface area (Å²) < 4.78 is 22.9. The summed E-state index contributed by atoms with van der Waals surface area (Å²) in [6.45, 7) is 1.90. The molecule has 0 radical (unpaired) electrons. The predicted molar refractivity (Wildman–Crippen MR) is 107 cm³/mol. The second-order valence-electron chi connectivity index (χ2n) is 6.48. The first-order valence-corrected chi connectivity index (χ1v) is 9.32. The van der Waals surface area contributed by atoms with Crippen molar-refractivity contribution in [1.29, 1.82) is 5.26 Å². The van der Waals surface area contributed by atoms with Gasteiger partial charge in [-0.3, -0.25) is 14.6 Å². The molecular formula is C18H12Cl2N6O4. The molecule has 2 N–H and O–H groups in total. The molecule has 0 aliphatic heterocycles. The van der Waals surface area contributed by atoms with Crippen molar-refractivity contribution in [3.05, 3.63) is 70.1 Å². The van der Waals surface area contributed by atoms with Crippen LogP contribution < -0.4 is 21.5 Å². The Morgan fingerprint density at radius 1 is 1.30 bits per heavy atom. The number of ether oxygens (including phenoxy) is 1. The Balaban J connectivity index is 1.90. The van der Waals surface area contributed by atoms with Gasteiger partial charge in [0.05, 0.1) is 18.5 Å². The molecule has 2 aromatic heterocycles. The Kier molecular flexibility index (Phi) is 4.32. The highest BCUT2D eigenvalue weighted by molar-refractivity contribution is 6.37. The molecule has 2 heterocycles. The monoisotopic (exact) mass is 448 g/mol. The van der Waals surface area contributed by atoms with E-state index in [0.717, 1.165) is 6.42 Å². The molecule has 4 rings (SSSR count). The van der Waals surface area contributed by atoms with E-state index >= 15 is 0 Å². The molecule has 0 amide bonds. The summed E-state index contributed by atoms with van der Waals surface area (Å²) >= 11 is 12.6. The number of hydrogen-bond acceptors (Lipinski definition) is 7. The van der Waals surface area contributed by atoms with E-state index in [1.165, 1.54) is 6.07 Å². The maximum Gasteiger partial charge on any atom is 0.349 e. The van der Waals surface area contributed by atoms with Crippen LogP contribution in [0, 0.1) is 11.3 Å². The van der Waals surface area contributed by atoms with Gasteiger partial charge in [-0.2, -0.15) is 9.94 Å². The van der Waals surface area contributed by atoms with Gasteiger partial charge < -0.3 is 4.74 Å². The third-order valence-electron chi connectivity index (χ3n) is 4.61. The first-order chi connectivity index (χ1) is 15.1. The summed E-state index contributed by atoms with van der Waals surface area (Å²) in [7, 11) is 0. The SMILES string of the molecule is [2H]c1c(Cl)c(Oc2n[nH]c(=O)c3c2CC[C@@H]3C)c(Cl)c([2H])c1-n1nc(C#N)c(=O)[nH]c1=O. The standard InChI is InChI=1S/C18H12Cl2N6O4/c1-7-2-3-9-13(7)16(28)23-24-17(9)30-14-10(19)4-8(5-11(14)20)26-18(29)22-15(27)12(6-21)25-26/h4-5,7H,2-3H2,1H3,(H,23,28)(H,22,27,29)/t7-/m0/s1/i4D,5D. The fourth-order valence-corrected chi connectivity index (χ4v) is 3.69. The van der Waals surface area contributed by atoms with Crippen molar-refractivity contribution in [1.82, 2.24) is 25.0 Å². The molecule has 3 aromatic rings. The minimum atomic E-state index is -1.09. The second-order valence-corrected chi connectivity index (χ2v) is 7.24. The topological polar surface area (TPSA) is 147 Å². The van der Waals surface area contributed by atoms with E-state index in [1.54, 1.807) is 0 Å². The molecule has 10 nitrogen and oxygen atoms in total. The summed E-state index contributed by atoms with van der Waals surface area (Å²) in [5, 5.41) is 18.1. The van der Waals surface area contributed by atoms with Crippen LogP contribution in [0.3, 0.4) is 0 Å². The molecule has 30 heavy (non-hydrogen) atoms. The van der Waals surface area contributed by atoms with Gasteiger partial charge in [0.15, 0.2) is 5.75 Å². The average molecular weight is 449 g/mol. The van der Waals surface area contributed by atoms with Crippen molar-refractivity contribution >= 4 is 23.2 Å². The van der Waals surface area contributed by atoms with Gasteiger partial charge in [-0.05, 0) is 30.8 Å². The second kappa shape index (κ2) is 7.44. The fourth-order valence-electron chi connectivity index (χ4n) is 3.20. The van der Waals surface area contributed by atoms with Crippen LogP contribution in [0.4, 0.5) is 0 Å². The molecule has 0 bridgehead atoms. The summed E-state index contributed by atoms with van der Waals surface area (Å²) in [4.78, 5) is 37.8. The van der Waals surface area contributed by atoms with E-state index in [2.05, 4.69) is 15.3 Å². The molecule has 1 atom stereocenters. The zero-order valence-corrected chi connectivity index (χ0v) is 16.7. The lowest BCUT2D eigenvalue weighted by atomic mass is 10.1. The average Bonchev–Trinajstić information content (AvgIpc) is 3.15. The van der Waals surface area contributed by atoms with Crippen molar-refractivity contribution in [3.8, 4) is 23.4 Å². The van der Waals surface area contributed by atoms with Crippen molar-refractivity contribution in [2.45, 2.75) is 25.7 Å². The van der Waals surface area contributed by atoms with Crippen LogP contribution in [0.2, 0.25) is 10.0 Å². The number of nitrogens with one attached hydrogen (secondary N) is 2. The highest BCUT2D eigenvalue weighted by Gasteiger charge is 2.27. The van der Waals surface area contributed by atoms with Crippen LogP contribution in [-0.2, 0) is 6.42 Å². The molecule has 1 aliphatic rings. The summed E-state index contributed by atoms with van der Waals surface area (Å²) in [6.07, 6.45) is 1.25. The Hall–Kier alpha value is -3.42. The maximum absolute atomic E-state index is 12.2. The number of nitrogens with zero attached hydrogens (tertiary/aromatic N) is 4. The Labute approximate surface area is 180 Å². The van der Waals surface area contributed by atoms with Crippen molar-refractivity contribution in [3.63, 3.8) is 0 Å². The maximum atomic E-state index is 12.2. The lowest BCUT2D eigenvalue weighted by molar-refractivity contribution is 0.448. The van der Waals surface area contributed by atoms with Crippen molar-refractivity contribution < 1.29 is 7.48 Å². The zero-order valence-electron chi connectivity index (χ0n) is 17.2. The quantitative estimate of drug-likeness (QED) is 0.622. The number of aromatic amines is 2. The molecule has 0 unspecified atom stereocenters. The van der Waals surface area contributed by atoms with E-state index in [0.29, 0.717) is 22.2 Å². The smallest absolute Gasteiger partial charge is 0.349 e. The highest BCUT2D eigenvalue weighted by atomic mass is 35.5. The number of fused-ring (bicyclic) bond motifs is 1. The van der Waals surface area contributed by atoms with E-state index < -0.39 is 34.7 Å². The van der Waals surface area contributed by atoms with Gasteiger partial charge in [-0.15, -0.1) is 10.2 Å². The number of H-pyrrole nitrogens is 2. The van der Waals surface area contributed by atoms with E-state index in [9.17, 15) is 14.4 Å². The predicted octanol–water partition coefficient (Wildman–Crippen LogP) is 2.02. The number of nitriles is 1. The number of benzene rings is 1. The van der Waals surface area contributed by atoms with Gasteiger partial charge in [0, 0.05) is 11.1 Å². The lowest BCUT2D eigenvalue weighted by Gasteiger charge is -2.13. The Bertz CT molecular complexity index is 1480. The van der Waals surface area contributed by atoms with Gasteiger partial charge in [-0.1, -0.05) is 30.1 Å². The van der Waals surface area contributed by atoms with Crippen LogP contribution in [0.1, 0.15) is 38.8 Å². The number of aromatic nitrogens is 5. The van der Waals surface area contributed by atoms with Crippen LogP contribution in [0.15, 0.2) is 26.5 Å².